The van der Waals surface area contributed by atoms with E-state index in [4.69, 9.17) is 10.8 Å². The molecule has 0 bridgehead atoms. The SMILES string of the molecule is CC(O)C=NC(N)=S. The van der Waals surface area contributed by atoms with Crippen LogP contribution in [0.2, 0.25) is 0 Å². The van der Waals surface area contributed by atoms with E-state index in [0.29, 0.717) is 0 Å². The van der Waals surface area contributed by atoms with Crippen molar-refractivity contribution in [3.63, 3.8) is 0 Å². The van der Waals surface area contributed by atoms with Gasteiger partial charge in [-0.25, -0.2) is 4.99 Å². The molecule has 3 N–H and O–H groups in total. The smallest absolute Gasteiger partial charge is 0.189 e. The number of nitrogens with zero attached hydrogens (tertiary/aromatic N) is 1. The third kappa shape index (κ3) is 5.52. The molecule has 0 saturated carbocycles. The summed E-state index contributed by atoms with van der Waals surface area (Å²) in [6.45, 7) is 1.57. The molecule has 0 aliphatic carbocycles. The van der Waals surface area contributed by atoms with Gasteiger partial charge in [-0.15, -0.1) is 0 Å². The summed E-state index contributed by atoms with van der Waals surface area (Å²) in [7, 11) is 0. The maximum atomic E-state index is 8.54. The number of aliphatic hydroxyl groups is 1. The zero-order valence-electron chi connectivity index (χ0n) is 4.53. The highest BCUT2D eigenvalue weighted by atomic mass is 32.1. The molecule has 0 aromatic heterocycles. The molecule has 46 valence electrons. The number of hydrogen-bond donors (Lipinski definition) is 2. The van der Waals surface area contributed by atoms with Gasteiger partial charge < -0.3 is 10.8 Å². The minimum Gasteiger partial charge on any atom is -0.388 e. The molecule has 0 fully saturated rings. The predicted molar refractivity (Wildman–Crippen MR) is 37.0 cm³/mol. The minimum atomic E-state index is -0.573. The van der Waals surface area contributed by atoms with Crippen LogP contribution in [0.1, 0.15) is 6.92 Å². The molecular formula is C4H8N2OS. The highest BCUT2D eigenvalue weighted by molar-refractivity contribution is 7.80. The molecule has 0 heterocycles. The first-order valence-electron chi connectivity index (χ1n) is 2.14. The molecule has 0 rings (SSSR count). The van der Waals surface area contributed by atoms with Gasteiger partial charge in [0.15, 0.2) is 5.11 Å². The van der Waals surface area contributed by atoms with E-state index in [0.717, 1.165) is 0 Å². The van der Waals surface area contributed by atoms with Crippen LogP contribution in [0.25, 0.3) is 0 Å². The van der Waals surface area contributed by atoms with Crippen molar-refractivity contribution in [3.05, 3.63) is 0 Å². The number of rotatable bonds is 1. The topological polar surface area (TPSA) is 58.6 Å². The molecule has 0 radical (unpaired) electrons. The van der Waals surface area contributed by atoms with Gasteiger partial charge in [0.2, 0.25) is 0 Å². The van der Waals surface area contributed by atoms with Crippen LogP contribution in [0.5, 0.6) is 0 Å². The highest BCUT2D eigenvalue weighted by Gasteiger charge is 1.84. The lowest BCUT2D eigenvalue weighted by Crippen LogP contribution is -2.08. The van der Waals surface area contributed by atoms with E-state index in [-0.39, 0.29) is 5.11 Å². The van der Waals surface area contributed by atoms with Crippen molar-refractivity contribution in [2.24, 2.45) is 10.7 Å². The minimum absolute atomic E-state index is 0.0471. The number of aliphatic hydroxyl groups excluding tert-OH is 1. The summed E-state index contributed by atoms with van der Waals surface area (Å²) < 4.78 is 0. The molecule has 0 saturated heterocycles. The second-order valence-corrected chi connectivity index (χ2v) is 1.78. The molecule has 1 atom stereocenters. The van der Waals surface area contributed by atoms with E-state index in [1.807, 2.05) is 0 Å². The van der Waals surface area contributed by atoms with Crippen molar-refractivity contribution in [2.75, 3.05) is 0 Å². The monoisotopic (exact) mass is 132 g/mol. The Bertz CT molecular complexity index is 111. The summed E-state index contributed by atoms with van der Waals surface area (Å²) in [5, 5.41) is 8.58. The fourth-order valence-corrected chi connectivity index (χ4v) is 0.242. The normalized spacial score (nSPS) is 14.2. The van der Waals surface area contributed by atoms with Crippen LogP contribution in [0.3, 0.4) is 0 Å². The summed E-state index contributed by atoms with van der Waals surface area (Å²) in [5.41, 5.74) is 4.96. The third-order valence-electron chi connectivity index (χ3n) is 0.418. The summed E-state index contributed by atoms with van der Waals surface area (Å²) in [6, 6.07) is 0. The van der Waals surface area contributed by atoms with E-state index in [9.17, 15) is 0 Å². The van der Waals surface area contributed by atoms with Crippen molar-refractivity contribution in [2.45, 2.75) is 13.0 Å². The van der Waals surface area contributed by atoms with Gasteiger partial charge in [0.05, 0.1) is 6.10 Å². The molecule has 0 aliphatic rings. The Morgan fingerprint density at radius 2 is 2.50 bits per heavy atom. The number of hydrogen-bond acceptors (Lipinski definition) is 2. The molecular weight excluding hydrogens is 124 g/mol. The lowest BCUT2D eigenvalue weighted by atomic mass is 10.5. The molecule has 0 spiro atoms. The largest absolute Gasteiger partial charge is 0.388 e. The third-order valence-corrected chi connectivity index (χ3v) is 0.523. The van der Waals surface area contributed by atoms with Gasteiger partial charge in [-0.2, -0.15) is 0 Å². The van der Waals surface area contributed by atoms with Crippen molar-refractivity contribution in [1.82, 2.24) is 0 Å². The molecule has 1 unspecified atom stereocenters. The standard InChI is InChI=1S/C4H8N2OS/c1-3(7)2-6-4(5)8/h2-3,7H,1H3,(H2,5,8). The van der Waals surface area contributed by atoms with Gasteiger partial charge in [0.1, 0.15) is 0 Å². The Labute approximate surface area is 53.2 Å². The van der Waals surface area contributed by atoms with Crippen LogP contribution >= 0.6 is 12.2 Å². The maximum absolute atomic E-state index is 8.54. The van der Waals surface area contributed by atoms with Crippen LogP contribution < -0.4 is 5.73 Å². The fourth-order valence-electron chi connectivity index (χ4n) is 0.181. The number of thiocarbonyl (C=S) groups is 1. The lowest BCUT2D eigenvalue weighted by Gasteiger charge is -1.89. The van der Waals surface area contributed by atoms with Gasteiger partial charge in [-0.05, 0) is 19.1 Å². The Hall–Kier alpha value is -0.480. The highest BCUT2D eigenvalue weighted by Crippen LogP contribution is 1.72. The van der Waals surface area contributed by atoms with Crippen molar-refractivity contribution >= 4 is 23.5 Å². The van der Waals surface area contributed by atoms with Gasteiger partial charge in [0.25, 0.3) is 0 Å². The maximum Gasteiger partial charge on any atom is 0.189 e. The molecule has 3 nitrogen and oxygen atoms in total. The average molecular weight is 132 g/mol. The number of nitrogens with two attached hydrogens (primary N) is 1. The summed E-state index contributed by atoms with van der Waals surface area (Å²) in [4.78, 5) is 3.46. The van der Waals surface area contributed by atoms with Crippen LogP contribution in [0.4, 0.5) is 0 Å². The van der Waals surface area contributed by atoms with Crippen LogP contribution in [-0.4, -0.2) is 22.5 Å². The summed E-state index contributed by atoms with van der Waals surface area (Å²) >= 11 is 4.38. The molecule has 0 amide bonds. The van der Waals surface area contributed by atoms with E-state index in [2.05, 4.69) is 17.2 Å². The van der Waals surface area contributed by atoms with Crippen LogP contribution in [0, 0.1) is 0 Å². The first-order valence-corrected chi connectivity index (χ1v) is 2.55. The first-order chi connectivity index (χ1) is 3.63. The molecule has 0 aromatic rings. The van der Waals surface area contributed by atoms with Gasteiger partial charge in [-0.3, -0.25) is 0 Å². The zero-order valence-corrected chi connectivity index (χ0v) is 5.35. The average Bonchev–Trinajstić information content (AvgIpc) is 1.61. The molecule has 4 heteroatoms. The van der Waals surface area contributed by atoms with E-state index in [1.54, 1.807) is 6.92 Å². The van der Waals surface area contributed by atoms with E-state index in [1.165, 1.54) is 6.21 Å². The Kier molecular flexibility index (Phi) is 3.30. The van der Waals surface area contributed by atoms with Crippen molar-refractivity contribution in [3.8, 4) is 0 Å². The lowest BCUT2D eigenvalue weighted by molar-refractivity contribution is 0.267. The first kappa shape index (κ1) is 7.52. The van der Waals surface area contributed by atoms with E-state index < -0.39 is 6.10 Å². The Balaban J connectivity index is 3.50. The summed E-state index contributed by atoms with van der Waals surface area (Å²) in [5.74, 6) is 0. The van der Waals surface area contributed by atoms with Gasteiger partial charge in [0, 0.05) is 6.21 Å². The van der Waals surface area contributed by atoms with Crippen LogP contribution in [-0.2, 0) is 0 Å². The Morgan fingerprint density at radius 3 is 2.62 bits per heavy atom. The molecule has 0 aromatic carbocycles. The quantitative estimate of drug-likeness (QED) is 0.380. The van der Waals surface area contributed by atoms with E-state index >= 15 is 0 Å². The second-order valence-electron chi connectivity index (χ2n) is 1.36. The van der Waals surface area contributed by atoms with Crippen molar-refractivity contribution in [1.29, 1.82) is 0 Å². The van der Waals surface area contributed by atoms with Gasteiger partial charge in [-0.1, -0.05) is 0 Å². The predicted octanol–water partition coefficient (Wildman–Crippen LogP) is -0.318. The Morgan fingerprint density at radius 1 is 2.00 bits per heavy atom. The molecule has 0 aliphatic heterocycles. The van der Waals surface area contributed by atoms with Crippen LogP contribution in [0.15, 0.2) is 4.99 Å². The molecule has 8 heavy (non-hydrogen) atoms. The summed E-state index contributed by atoms with van der Waals surface area (Å²) in [6.07, 6.45) is 0.707. The zero-order chi connectivity index (χ0) is 6.57. The van der Waals surface area contributed by atoms with Crippen molar-refractivity contribution < 1.29 is 5.11 Å². The fraction of sp³-hybridized carbons (Fsp3) is 0.500. The van der Waals surface area contributed by atoms with Gasteiger partial charge >= 0.3 is 0 Å². The second kappa shape index (κ2) is 3.51. The number of aliphatic imine (C=N–C) groups is 1.